The highest BCUT2D eigenvalue weighted by Gasteiger charge is 2.20. The number of aliphatic hydroxyl groups excluding tert-OH is 1. The zero-order valence-corrected chi connectivity index (χ0v) is 12.9. The number of benzene rings is 1. The Morgan fingerprint density at radius 2 is 2.05 bits per heavy atom. The predicted molar refractivity (Wildman–Crippen MR) is 78.5 cm³/mol. The second-order valence-electron chi connectivity index (χ2n) is 4.82. The summed E-state index contributed by atoms with van der Waals surface area (Å²) in [6.07, 6.45) is 0. The van der Waals surface area contributed by atoms with Gasteiger partial charge in [0, 0.05) is 6.61 Å². The van der Waals surface area contributed by atoms with Crippen molar-refractivity contribution in [2.24, 2.45) is 5.92 Å². The Bertz CT molecular complexity index is 714. The molecule has 0 bridgehead atoms. The van der Waals surface area contributed by atoms with Crippen LogP contribution in [0.15, 0.2) is 28.7 Å². The van der Waals surface area contributed by atoms with Crippen molar-refractivity contribution in [3.8, 4) is 11.5 Å². The lowest BCUT2D eigenvalue weighted by Crippen LogP contribution is -2.18. The maximum atomic E-state index is 11.9. The van der Waals surface area contributed by atoms with E-state index < -0.39 is 9.84 Å². The minimum absolute atomic E-state index is 0.00931. The number of hydrogen-bond acceptors (Lipinski definition) is 6. The molecular weight excluding hydrogens is 316 g/mol. The summed E-state index contributed by atoms with van der Waals surface area (Å²) in [6, 6.07) is 6.93. The molecule has 1 unspecified atom stereocenters. The maximum Gasteiger partial charge on any atom is 0.249 e. The van der Waals surface area contributed by atoms with Gasteiger partial charge >= 0.3 is 0 Å². The van der Waals surface area contributed by atoms with Crippen LogP contribution in [0.25, 0.3) is 11.5 Å². The Labute approximate surface area is 127 Å². The van der Waals surface area contributed by atoms with E-state index in [1.54, 1.807) is 31.2 Å². The van der Waals surface area contributed by atoms with Gasteiger partial charge in [0.25, 0.3) is 0 Å². The molecule has 0 fully saturated rings. The van der Waals surface area contributed by atoms with E-state index in [1.165, 1.54) is 0 Å². The monoisotopic (exact) mass is 330 g/mol. The highest BCUT2D eigenvalue weighted by atomic mass is 35.5. The molecule has 1 N–H and O–H groups in total. The van der Waals surface area contributed by atoms with E-state index in [-0.39, 0.29) is 35.8 Å². The van der Waals surface area contributed by atoms with Gasteiger partial charge in [0.05, 0.1) is 16.3 Å². The standard InChI is InChI=1S/C13H15ClN2O4S/c1-9(6-17)7-21(18,19)8-12-15-16-13(20-12)10-4-2-3-5-11(10)14/h2-5,9,17H,6-8H2,1H3. The zero-order chi connectivity index (χ0) is 15.5. The van der Waals surface area contributed by atoms with E-state index in [2.05, 4.69) is 10.2 Å². The quantitative estimate of drug-likeness (QED) is 0.869. The summed E-state index contributed by atoms with van der Waals surface area (Å²) in [5.74, 6) is -0.626. The van der Waals surface area contributed by atoms with Crippen LogP contribution in [0.4, 0.5) is 0 Å². The fourth-order valence-electron chi connectivity index (χ4n) is 1.79. The third kappa shape index (κ3) is 4.26. The van der Waals surface area contributed by atoms with Gasteiger partial charge in [0.1, 0.15) is 5.75 Å². The average Bonchev–Trinajstić information content (AvgIpc) is 2.86. The lowest BCUT2D eigenvalue weighted by molar-refractivity contribution is 0.249. The SMILES string of the molecule is CC(CO)CS(=O)(=O)Cc1nnc(-c2ccccc2Cl)o1. The summed E-state index contributed by atoms with van der Waals surface area (Å²) in [6.45, 7) is 1.47. The van der Waals surface area contributed by atoms with E-state index >= 15 is 0 Å². The molecule has 0 aliphatic rings. The summed E-state index contributed by atoms with van der Waals surface area (Å²) in [5, 5.41) is 16.9. The third-order valence-electron chi connectivity index (χ3n) is 2.76. The Morgan fingerprint density at radius 3 is 2.71 bits per heavy atom. The molecule has 1 atom stereocenters. The number of sulfone groups is 1. The summed E-state index contributed by atoms with van der Waals surface area (Å²) in [7, 11) is -3.41. The van der Waals surface area contributed by atoms with Gasteiger partial charge in [-0.1, -0.05) is 30.7 Å². The molecule has 2 rings (SSSR count). The Balaban J connectivity index is 2.16. The van der Waals surface area contributed by atoms with Crippen molar-refractivity contribution >= 4 is 21.4 Å². The van der Waals surface area contributed by atoms with Gasteiger partial charge in [0.15, 0.2) is 9.84 Å². The third-order valence-corrected chi connectivity index (χ3v) is 4.86. The number of aliphatic hydroxyl groups is 1. The van der Waals surface area contributed by atoms with Gasteiger partial charge in [-0.05, 0) is 18.1 Å². The number of rotatable bonds is 6. The van der Waals surface area contributed by atoms with E-state index in [9.17, 15) is 8.42 Å². The van der Waals surface area contributed by atoms with Crippen molar-refractivity contribution < 1.29 is 17.9 Å². The molecule has 114 valence electrons. The van der Waals surface area contributed by atoms with Crippen LogP contribution in [0.2, 0.25) is 5.02 Å². The molecule has 1 aromatic heterocycles. The highest BCUT2D eigenvalue weighted by Crippen LogP contribution is 2.26. The first-order chi connectivity index (χ1) is 9.91. The van der Waals surface area contributed by atoms with Gasteiger partial charge in [-0.3, -0.25) is 0 Å². The van der Waals surface area contributed by atoms with Gasteiger partial charge in [0.2, 0.25) is 11.8 Å². The molecule has 0 radical (unpaired) electrons. The summed E-state index contributed by atoms with van der Waals surface area (Å²) < 4.78 is 29.2. The number of nitrogens with zero attached hydrogens (tertiary/aromatic N) is 2. The van der Waals surface area contributed by atoms with Crippen LogP contribution in [-0.4, -0.2) is 36.1 Å². The van der Waals surface area contributed by atoms with E-state index in [0.717, 1.165) is 0 Å². The molecular formula is C13H15ClN2O4S. The van der Waals surface area contributed by atoms with Crippen LogP contribution in [0.5, 0.6) is 0 Å². The molecule has 6 nitrogen and oxygen atoms in total. The molecule has 0 spiro atoms. The molecule has 0 saturated heterocycles. The largest absolute Gasteiger partial charge is 0.420 e. The molecule has 0 saturated carbocycles. The van der Waals surface area contributed by atoms with Crippen LogP contribution in [0, 0.1) is 5.92 Å². The first kappa shape index (κ1) is 15.9. The van der Waals surface area contributed by atoms with Crippen molar-refractivity contribution in [3.05, 3.63) is 35.2 Å². The van der Waals surface area contributed by atoms with Gasteiger partial charge in [-0.25, -0.2) is 8.42 Å². The van der Waals surface area contributed by atoms with E-state index in [1.807, 2.05) is 0 Å². The molecule has 8 heteroatoms. The summed E-state index contributed by atoms with van der Waals surface area (Å²) in [4.78, 5) is 0. The number of hydrogen-bond donors (Lipinski definition) is 1. The van der Waals surface area contributed by atoms with Crippen LogP contribution >= 0.6 is 11.6 Å². The van der Waals surface area contributed by atoms with Crippen LogP contribution in [-0.2, 0) is 15.6 Å². The summed E-state index contributed by atoms with van der Waals surface area (Å²) >= 11 is 6.01. The van der Waals surface area contributed by atoms with Gasteiger partial charge < -0.3 is 9.52 Å². The lowest BCUT2D eigenvalue weighted by Gasteiger charge is -2.06. The molecule has 2 aromatic rings. The molecule has 1 heterocycles. The van der Waals surface area contributed by atoms with Crippen molar-refractivity contribution in [3.63, 3.8) is 0 Å². The number of aromatic nitrogens is 2. The van der Waals surface area contributed by atoms with Gasteiger partial charge in [-0.2, -0.15) is 0 Å². The van der Waals surface area contributed by atoms with E-state index in [0.29, 0.717) is 10.6 Å². The summed E-state index contributed by atoms with van der Waals surface area (Å²) in [5.41, 5.74) is 0.555. The number of halogens is 1. The average molecular weight is 331 g/mol. The lowest BCUT2D eigenvalue weighted by atomic mass is 10.2. The highest BCUT2D eigenvalue weighted by molar-refractivity contribution is 7.90. The van der Waals surface area contributed by atoms with Gasteiger partial charge in [-0.15, -0.1) is 10.2 Å². The second kappa shape index (κ2) is 6.55. The zero-order valence-electron chi connectivity index (χ0n) is 11.4. The van der Waals surface area contributed by atoms with Crippen LogP contribution < -0.4 is 0 Å². The minimum atomic E-state index is -3.41. The smallest absolute Gasteiger partial charge is 0.249 e. The van der Waals surface area contributed by atoms with E-state index in [4.69, 9.17) is 21.1 Å². The second-order valence-corrected chi connectivity index (χ2v) is 7.34. The van der Waals surface area contributed by atoms with Crippen LogP contribution in [0.1, 0.15) is 12.8 Å². The fraction of sp³-hybridized carbons (Fsp3) is 0.385. The molecule has 0 aliphatic heterocycles. The van der Waals surface area contributed by atoms with Crippen molar-refractivity contribution in [2.45, 2.75) is 12.7 Å². The maximum absolute atomic E-state index is 11.9. The van der Waals surface area contributed by atoms with Crippen molar-refractivity contribution in [1.29, 1.82) is 0 Å². The first-order valence-corrected chi connectivity index (χ1v) is 8.50. The van der Waals surface area contributed by atoms with Crippen LogP contribution in [0.3, 0.4) is 0 Å². The normalized spacial score (nSPS) is 13.3. The Hall–Kier alpha value is -1.44. The Kier molecular flexibility index (Phi) is 4.97. The van der Waals surface area contributed by atoms with Crippen molar-refractivity contribution in [2.75, 3.05) is 12.4 Å². The Morgan fingerprint density at radius 1 is 1.33 bits per heavy atom. The molecule has 21 heavy (non-hydrogen) atoms. The first-order valence-electron chi connectivity index (χ1n) is 6.30. The topological polar surface area (TPSA) is 93.3 Å². The molecule has 1 aromatic carbocycles. The minimum Gasteiger partial charge on any atom is -0.420 e. The predicted octanol–water partition coefficient (Wildman–Crippen LogP) is 1.93. The molecule has 0 aliphatic carbocycles. The molecule has 0 amide bonds. The van der Waals surface area contributed by atoms with Crippen molar-refractivity contribution in [1.82, 2.24) is 10.2 Å². The fourth-order valence-corrected chi connectivity index (χ4v) is 3.59.